The van der Waals surface area contributed by atoms with E-state index in [-0.39, 0.29) is 12.3 Å². The van der Waals surface area contributed by atoms with Gasteiger partial charge in [-0.2, -0.15) is 5.10 Å². The van der Waals surface area contributed by atoms with Gasteiger partial charge < -0.3 is 14.8 Å². The summed E-state index contributed by atoms with van der Waals surface area (Å²) in [6, 6.07) is 6.44. The van der Waals surface area contributed by atoms with Crippen molar-refractivity contribution in [3.05, 3.63) is 30.6 Å². The number of piperidine rings is 1. The van der Waals surface area contributed by atoms with Gasteiger partial charge in [-0.25, -0.2) is 9.67 Å². The lowest BCUT2D eigenvalue weighted by molar-refractivity contribution is -0.0365. The van der Waals surface area contributed by atoms with Crippen LogP contribution in [0.15, 0.2) is 30.6 Å². The molecule has 1 unspecified atom stereocenters. The van der Waals surface area contributed by atoms with Gasteiger partial charge in [-0.15, -0.1) is 0 Å². The molecule has 3 aromatic rings. The van der Waals surface area contributed by atoms with Crippen LogP contribution in [0.3, 0.4) is 0 Å². The van der Waals surface area contributed by atoms with Crippen LogP contribution >= 0.6 is 0 Å². The zero-order valence-electron chi connectivity index (χ0n) is 18.0. The molecule has 1 spiro atoms. The molecule has 160 valence electrons. The van der Waals surface area contributed by atoms with Crippen molar-refractivity contribution in [3.8, 4) is 17.3 Å². The van der Waals surface area contributed by atoms with E-state index in [2.05, 4.69) is 36.3 Å². The Morgan fingerprint density at radius 2 is 2.13 bits per heavy atom. The highest BCUT2D eigenvalue weighted by Gasteiger charge is 2.52. The van der Waals surface area contributed by atoms with Gasteiger partial charge in [-0.05, 0) is 51.1 Å². The molecular weight excluding hydrogens is 389 g/mol. The van der Waals surface area contributed by atoms with Gasteiger partial charge >= 0.3 is 0 Å². The zero-order chi connectivity index (χ0) is 20.8. The SMILES string of the molecule is Bc1ccc2c(c1)c(-c1cncc(O[C@H]3CNCCC34CC4)n1)nn2C1CCCCO1. The summed E-state index contributed by atoms with van der Waals surface area (Å²) >= 11 is 0. The average Bonchev–Trinajstić information content (AvgIpc) is 3.47. The third-order valence-electron chi connectivity index (χ3n) is 7.11. The summed E-state index contributed by atoms with van der Waals surface area (Å²) in [6.07, 6.45) is 10.6. The molecular formula is C23H28BN5O2. The maximum Gasteiger partial charge on any atom is 0.233 e. The molecule has 31 heavy (non-hydrogen) atoms. The fourth-order valence-electron chi connectivity index (χ4n) is 5.09. The maximum absolute atomic E-state index is 6.36. The second-order valence-electron chi connectivity index (χ2n) is 9.30. The highest BCUT2D eigenvalue weighted by atomic mass is 16.5. The van der Waals surface area contributed by atoms with E-state index in [9.17, 15) is 0 Å². The molecule has 3 aliphatic rings. The van der Waals surface area contributed by atoms with Gasteiger partial charge in [0.2, 0.25) is 5.88 Å². The van der Waals surface area contributed by atoms with E-state index >= 15 is 0 Å². The number of hydrogen-bond donors (Lipinski definition) is 1. The van der Waals surface area contributed by atoms with Crippen LogP contribution in [0.4, 0.5) is 0 Å². The van der Waals surface area contributed by atoms with Gasteiger partial charge in [0.15, 0.2) is 6.23 Å². The smallest absolute Gasteiger partial charge is 0.233 e. The zero-order valence-corrected chi connectivity index (χ0v) is 18.0. The number of nitrogens with one attached hydrogen (secondary N) is 1. The Hall–Kier alpha value is -2.45. The molecule has 7 nitrogen and oxygen atoms in total. The fraction of sp³-hybridized carbons (Fsp3) is 0.522. The number of hydrogen-bond acceptors (Lipinski definition) is 6. The van der Waals surface area contributed by atoms with Crippen molar-refractivity contribution in [2.45, 2.75) is 50.9 Å². The molecule has 1 aliphatic carbocycles. The van der Waals surface area contributed by atoms with E-state index in [1.165, 1.54) is 24.7 Å². The average molecular weight is 417 g/mol. The molecule has 0 bridgehead atoms. The van der Waals surface area contributed by atoms with Gasteiger partial charge in [-0.1, -0.05) is 17.6 Å². The Kier molecular flexibility index (Phi) is 4.72. The number of benzene rings is 1. The highest BCUT2D eigenvalue weighted by molar-refractivity contribution is 6.33. The molecule has 8 heteroatoms. The minimum Gasteiger partial charge on any atom is -0.471 e. The summed E-state index contributed by atoms with van der Waals surface area (Å²) < 4.78 is 14.4. The molecule has 1 saturated carbocycles. The Labute approximate surface area is 183 Å². The first kappa shape index (κ1) is 19.3. The molecule has 4 heterocycles. The van der Waals surface area contributed by atoms with Crippen LogP contribution in [-0.2, 0) is 4.74 Å². The first-order chi connectivity index (χ1) is 15.2. The van der Waals surface area contributed by atoms with Crippen molar-refractivity contribution >= 4 is 24.2 Å². The maximum atomic E-state index is 6.36. The van der Waals surface area contributed by atoms with E-state index < -0.39 is 0 Å². The van der Waals surface area contributed by atoms with E-state index in [0.717, 1.165) is 61.2 Å². The third-order valence-corrected chi connectivity index (χ3v) is 7.11. The molecule has 2 aromatic heterocycles. The molecule has 1 N–H and O–H groups in total. The van der Waals surface area contributed by atoms with Gasteiger partial charge in [0, 0.05) is 24.0 Å². The topological polar surface area (TPSA) is 74.1 Å². The van der Waals surface area contributed by atoms with E-state index in [1.807, 2.05) is 4.68 Å². The van der Waals surface area contributed by atoms with Crippen LogP contribution in [0.25, 0.3) is 22.3 Å². The number of fused-ring (bicyclic) bond motifs is 1. The summed E-state index contributed by atoms with van der Waals surface area (Å²) in [5, 5.41) is 9.52. The van der Waals surface area contributed by atoms with Gasteiger partial charge in [0.05, 0.1) is 17.9 Å². The fourth-order valence-corrected chi connectivity index (χ4v) is 5.09. The van der Waals surface area contributed by atoms with Crippen molar-refractivity contribution in [1.82, 2.24) is 25.1 Å². The van der Waals surface area contributed by atoms with Gasteiger partial charge in [0.1, 0.15) is 25.3 Å². The normalized spacial score (nSPS) is 25.0. The summed E-state index contributed by atoms with van der Waals surface area (Å²) in [5.41, 5.74) is 4.20. The Bertz CT molecular complexity index is 1110. The predicted octanol–water partition coefficient (Wildman–Crippen LogP) is 1.97. The van der Waals surface area contributed by atoms with Crippen molar-refractivity contribution in [2.24, 2.45) is 5.41 Å². The van der Waals surface area contributed by atoms with E-state index in [0.29, 0.717) is 11.3 Å². The lowest BCUT2D eigenvalue weighted by atomic mass is 9.92. The molecule has 0 amide bonds. The predicted molar refractivity (Wildman–Crippen MR) is 121 cm³/mol. The largest absolute Gasteiger partial charge is 0.471 e. The second kappa shape index (κ2) is 7.60. The molecule has 2 saturated heterocycles. The summed E-state index contributed by atoms with van der Waals surface area (Å²) in [6.45, 7) is 2.74. The van der Waals surface area contributed by atoms with Gasteiger partial charge in [-0.3, -0.25) is 4.98 Å². The minimum absolute atomic E-state index is 0.0249. The van der Waals surface area contributed by atoms with Crippen LogP contribution in [0.1, 0.15) is 44.8 Å². The number of ether oxygens (including phenoxy) is 2. The number of rotatable bonds is 4. The first-order valence-corrected chi connectivity index (χ1v) is 11.5. The van der Waals surface area contributed by atoms with E-state index in [1.54, 1.807) is 12.4 Å². The molecule has 2 aliphatic heterocycles. The standard InChI is InChI=1S/C23H28BN5O2/c24-15-4-5-18-16(11-15)22(28-29(18)21-3-1-2-10-30-21)17-12-26-14-20(27-17)31-19-13-25-9-8-23(19)6-7-23/h4-5,11-12,14,19,21,25H,1-3,6-10,13,24H2/t19-,21?/m0/s1. The van der Waals surface area contributed by atoms with E-state index in [4.69, 9.17) is 19.6 Å². The highest BCUT2D eigenvalue weighted by Crippen LogP contribution is 2.53. The molecule has 1 aromatic carbocycles. The lowest BCUT2D eigenvalue weighted by Crippen LogP contribution is -2.45. The first-order valence-electron chi connectivity index (χ1n) is 11.5. The Morgan fingerprint density at radius 1 is 1.19 bits per heavy atom. The minimum atomic E-state index is -0.0249. The van der Waals surface area contributed by atoms with Crippen LogP contribution in [0.5, 0.6) is 5.88 Å². The van der Waals surface area contributed by atoms with Crippen LogP contribution < -0.4 is 15.5 Å². The van der Waals surface area contributed by atoms with Gasteiger partial charge in [0.25, 0.3) is 0 Å². The second-order valence-corrected chi connectivity index (χ2v) is 9.30. The molecule has 0 radical (unpaired) electrons. The van der Waals surface area contributed by atoms with Crippen LogP contribution in [0.2, 0.25) is 0 Å². The van der Waals surface area contributed by atoms with Crippen molar-refractivity contribution in [3.63, 3.8) is 0 Å². The number of nitrogens with zero attached hydrogens (tertiary/aromatic N) is 4. The third kappa shape index (κ3) is 3.51. The van der Waals surface area contributed by atoms with Crippen molar-refractivity contribution in [2.75, 3.05) is 19.7 Å². The summed E-state index contributed by atoms with van der Waals surface area (Å²) in [7, 11) is 2.11. The number of aromatic nitrogens is 4. The van der Waals surface area contributed by atoms with Crippen LogP contribution in [-0.4, -0.2) is 53.4 Å². The van der Waals surface area contributed by atoms with Crippen molar-refractivity contribution in [1.29, 1.82) is 0 Å². The summed E-state index contributed by atoms with van der Waals surface area (Å²) in [4.78, 5) is 9.30. The summed E-state index contributed by atoms with van der Waals surface area (Å²) in [5.74, 6) is 0.585. The quantitative estimate of drug-likeness (QED) is 0.655. The molecule has 6 rings (SSSR count). The molecule has 3 fully saturated rings. The van der Waals surface area contributed by atoms with Crippen LogP contribution in [0, 0.1) is 5.41 Å². The lowest BCUT2D eigenvalue weighted by Gasteiger charge is -2.32. The van der Waals surface area contributed by atoms with Crippen molar-refractivity contribution < 1.29 is 9.47 Å². The monoisotopic (exact) mass is 417 g/mol. The molecule has 2 atom stereocenters. The Morgan fingerprint density at radius 3 is 2.97 bits per heavy atom. The Balaban J connectivity index is 1.37.